The Bertz CT molecular complexity index is 1340. The third-order valence-electron chi connectivity index (χ3n) is 6.09. The minimum absolute atomic E-state index is 0.0503. The minimum atomic E-state index is -4.13. The number of rotatable bonds is 10. The third-order valence-corrected chi connectivity index (χ3v) is 8.11. The van der Waals surface area contributed by atoms with Crippen molar-refractivity contribution in [1.82, 2.24) is 10.2 Å². The van der Waals surface area contributed by atoms with E-state index >= 15 is 0 Å². The number of likely N-dealkylation sites (N-methyl/N-ethyl adjacent to an activating group) is 1. The van der Waals surface area contributed by atoms with Gasteiger partial charge in [-0.2, -0.15) is 0 Å². The lowest BCUT2D eigenvalue weighted by Crippen LogP contribution is -2.51. The predicted molar refractivity (Wildman–Crippen MR) is 147 cm³/mol. The standard InChI is InChI=1S/C28H32ClN3O4S/c1-5-26(28(34)30-4)31(18-22-13-9-20(2)10-14-22)27(33)19-32(24-8-6-7-23(29)17-24)37(35,36)25-15-11-21(3)12-16-25/h6-17,26H,5,18-19H2,1-4H3,(H,30,34). The Morgan fingerprint density at radius 3 is 2.08 bits per heavy atom. The topological polar surface area (TPSA) is 86.8 Å². The zero-order valence-corrected chi connectivity index (χ0v) is 23.0. The van der Waals surface area contributed by atoms with Crippen LogP contribution in [-0.4, -0.2) is 44.8 Å². The summed E-state index contributed by atoms with van der Waals surface area (Å²) in [4.78, 5) is 28.1. The Kier molecular flexibility index (Phi) is 9.34. The molecule has 0 saturated heterocycles. The van der Waals surface area contributed by atoms with Crippen LogP contribution in [0.1, 0.15) is 30.0 Å². The highest BCUT2D eigenvalue weighted by Gasteiger charge is 2.33. The first-order chi connectivity index (χ1) is 17.6. The van der Waals surface area contributed by atoms with E-state index in [0.29, 0.717) is 11.4 Å². The molecule has 0 radical (unpaired) electrons. The molecule has 1 N–H and O–H groups in total. The van der Waals surface area contributed by atoms with Crippen molar-refractivity contribution in [2.45, 2.75) is 44.7 Å². The number of halogens is 1. The molecule has 3 aromatic carbocycles. The zero-order chi connectivity index (χ0) is 27.2. The number of carbonyl (C=O) groups excluding carboxylic acids is 2. The van der Waals surface area contributed by atoms with Crippen molar-refractivity contribution in [2.24, 2.45) is 0 Å². The van der Waals surface area contributed by atoms with Gasteiger partial charge < -0.3 is 10.2 Å². The minimum Gasteiger partial charge on any atom is -0.357 e. The molecule has 0 spiro atoms. The van der Waals surface area contributed by atoms with Gasteiger partial charge in [-0.3, -0.25) is 13.9 Å². The lowest BCUT2D eigenvalue weighted by molar-refractivity contribution is -0.140. The number of hydrogen-bond donors (Lipinski definition) is 1. The Morgan fingerprint density at radius 2 is 1.54 bits per heavy atom. The number of aryl methyl sites for hydroxylation is 2. The predicted octanol–water partition coefficient (Wildman–Crippen LogP) is 4.71. The van der Waals surface area contributed by atoms with Gasteiger partial charge in [-0.15, -0.1) is 0 Å². The fourth-order valence-electron chi connectivity index (χ4n) is 3.97. The normalized spacial score (nSPS) is 12.0. The van der Waals surface area contributed by atoms with Gasteiger partial charge in [0.15, 0.2) is 0 Å². The number of anilines is 1. The lowest BCUT2D eigenvalue weighted by atomic mass is 10.1. The summed E-state index contributed by atoms with van der Waals surface area (Å²) in [6.45, 7) is 5.29. The summed E-state index contributed by atoms with van der Waals surface area (Å²) >= 11 is 6.19. The van der Waals surface area contributed by atoms with Gasteiger partial charge in [-0.25, -0.2) is 8.42 Å². The van der Waals surface area contributed by atoms with Crippen molar-refractivity contribution < 1.29 is 18.0 Å². The largest absolute Gasteiger partial charge is 0.357 e. The van der Waals surface area contributed by atoms with E-state index in [1.54, 1.807) is 30.3 Å². The number of hydrogen-bond acceptors (Lipinski definition) is 4. The molecule has 1 unspecified atom stereocenters. The zero-order valence-electron chi connectivity index (χ0n) is 21.4. The molecular weight excluding hydrogens is 510 g/mol. The van der Waals surface area contributed by atoms with E-state index in [-0.39, 0.29) is 23.0 Å². The lowest BCUT2D eigenvalue weighted by Gasteiger charge is -2.33. The molecule has 196 valence electrons. The molecular formula is C28H32ClN3O4S. The van der Waals surface area contributed by atoms with Crippen LogP contribution >= 0.6 is 11.6 Å². The summed E-state index contributed by atoms with van der Waals surface area (Å²) in [6, 6.07) is 19.6. The first-order valence-electron chi connectivity index (χ1n) is 12.0. The Hall–Kier alpha value is -3.36. The van der Waals surface area contributed by atoms with E-state index in [9.17, 15) is 18.0 Å². The van der Waals surface area contributed by atoms with Crippen LogP contribution in [-0.2, 0) is 26.2 Å². The molecule has 9 heteroatoms. The van der Waals surface area contributed by atoms with E-state index in [2.05, 4.69) is 5.32 Å². The van der Waals surface area contributed by atoms with Gasteiger partial charge in [0.2, 0.25) is 11.8 Å². The van der Waals surface area contributed by atoms with E-state index in [0.717, 1.165) is 21.0 Å². The first-order valence-corrected chi connectivity index (χ1v) is 13.8. The Labute approximate surface area is 224 Å². The maximum absolute atomic E-state index is 13.8. The van der Waals surface area contributed by atoms with Gasteiger partial charge in [0, 0.05) is 18.6 Å². The van der Waals surface area contributed by atoms with Crippen LogP contribution in [0.5, 0.6) is 0 Å². The van der Waals surface area contributed by atoms with Gasteiger partial charge >= 0.3 is 0 Å². The fourth-order valence-corrected chi connectivity index (χ4v) is 5.56. The maximum atomic E-state index is 13.8. The van der Waals surface area contributed by atoms with E-state index in [1.165, 1.54) is 30.1 Å². The summed E-state index contributed by atoms with van der Waals surface area (Å²) in [5.74, 6) is -0.828. The average molecular weight is 542 g/mol. The number of benzene rings is 3. The van der Waals surface area contributed by atoms with Gasteiger partial charge in [0.1, 0.15) is 12.6 Å². The first kappa shape index (κ1) is 28.2. The Morgan fingerprint density at radius 1 is 0.946 bits per heavy atom. The van der Waals surface area contributed by atoms with Crippen LogP contribution in [0.4, 0.5) is 5.69 Å². The van der Waals surface area contributed by atoms with Crippen LogP contribution < -0.4 is 9.62 Å². The van der Waals surface area contributed by atoms with Crippen LogP contribution in [0.3, 0.4) is 0 Å². The highest BCUT2D eigenvalue weighted by Crippen LogP contribution is 2.27. The molecule has 0 heterocycles. The van der Waals surface area contributed by atoms with Crippen molar-refractivity contribution in [2.75, 3.05) is 17.9 Å². The molecule has 7 nitrogen and oxygen atoms in total. The Balaban J connectivity index is 2.05. The summed E-state index contributed by atoms with van der Waals surface area (Å²) < 4.78 is 28.6. The van der Waals surface area contributed by atoms with Crippen molar-refractivity contribution in [3.63, 3.8) is 0 Å². The highest BCUT2D eigenvalue weighted by molar-refractivity contribution is 7.92. The van der Waals surface area contributed by atoms with Gasteiger partial charge in [0.05, 0.1) is 10.6 Å². The molecule has 0 bridgehead atoms. The fraction of sp³-hybridized carbons (Fsp3) is 0.286. The van der Waals surface area contributed by atoms with Gasteiger partial charge in [0.25, 0.3) is 10.0 Å². The van der Waals surface area contributed by atoms with E-state index in [1.807, 2.05) is 45.0 Å². The smallest absolute Gasteiger partial charge is 0.264 e. The third kappa shape index (κ3) is 6.90. The SMILES string of the molecule is CCC(C(=O)NC)N(Cc1ccc(C)cc1)C(=O)CN(c1cccc(Cl)c1)S(=O)(=O)c1ccc(C)cc1. The molecule has 0 aliphatic carbocycles. The molecule has 37 heavy (non-hydrogen) atoms. The van der Waals surface area contributed by atoms with Crippen molar-refractivity contribution in [1.29, 1.82) is 0 Å². The van der Waals surface area contributed by atoms with Crippen molar-refractivity contribution in [3.8, 4) is 0 Å². The summed E-state index contributed by atoms with van der Waals surface area (Å²) in [5, 5.41) is 2.95. The summed E-state index contributed by atoms with van der Waals surface area (Å²) in [5.41, 5.74) is 3.06. The maximum Gasteiger partial charge on any atom is 0.264 e. The quantitative estimate of drug-likeness (QED) is 0.403. The molecule has 0 aliphatic heterocycles. The molecule has 3 aromatic rings. The number of amides is 2. The second kappa shape index (κ2) is 12.3. The summed E-state index contributed by atoms with van der Waals surface area (Å²) in [7, 11) is -2.61. The average Bonchev–Trinajstić information content (AvgIpc) is 2.88. The second-order valence-electron chi connectivity index (χ2n) is 8.85. The molecule has 2 amide bonds. The van der Waals surface area contributed by atoms with Crippen molar-refractivity contribution in [3.05, 3.63) is 94.5 Å². The molecule has 0 fully saturated rings. The number of nitrogens with one attached hydrogen (secondary N) is 1. The highest BCUT2D eigenvalue weighted by atomic mass is 35.5. The van der Waals surface area contributed by atoms with E-state index < -0.39 is 28.5 Å². The van der Waals surface area contributed by atoms with Crippen molar-refractivity contribution >= 4 is 39.1 Å². The van der Waals surface area contributed by atoms with Gasteiger partial charge in [-0.05, 0) is 56.2 Å². The van der Waals surface area contributed by atoms with Crippen LogP contribution in [0.15, 0.2) is 77.7 Å². The molecule has 0 saturated carbocycles. The second-order valence-corrected chi connectivity index (χ2v) is 11.1. The molecule has 0 aromatic heterocycles. The molecule has 3 rings (SSSR count). The number of sulfonamides is 1. The summed E-state index contributed by atoms with van der Waals surface area (Å²) in [6.07, 6.45) is 0.360. The molecule has 0 aliphatic rings. The van der Waals surface area contributed by atoms with E-state index in [4.69, 9.17) is 11.6 Å². The van der Waals surface area contributed by atoms with Gasteiger partial charge in [-0.1, -0.05) is 72.1 Å². The van der Waals surface area contributed by atoms with Crippen LogP contribution in [0, 0.1) is 13.8 Å². The molecule has 1 atom stereocenters. The van der Waals surface area contributed by atoms with Crippen LogP contribution in [0.25, 0.3) is 0 Å². The monoisotopic (exact) mass is 541 g/mol. The number of carbonyl (C=O) groups is 2. The number of nitrogens with zero attached hydrogens (tertiary/aromatic N) is 2. The van der Waals surface area contributed by atoms with Crippen LogP contribution in [0.2, 0.25) is 5.02 Å².